The van der Waals surface area contributed by atoms with E-state index in [0.717, 1.165) is 6.26 Å². The topological polar surface area (TPSA) is 82.3 Å². The number of hydrogen-bond acceptors (Lipinski definition) is 5. The summed E-state index contributed by atoms with van der Waals surface area (Å²) in [6.45, 7) is 0. The van der Waals surface area contributed by atoms with Crippen LogP contribution in [0.2, 0.25) is 0 Å². The van der Waals surface area contributed by atoms with Gasteiger partial charge in [-0.05, 0) is 12.1 Å². The van der Waals surface area contributed by atoms with Gasteiger partial charge in [0.15, 0.2) is 0 Å². The minimum Gasteiger partial charge on any atom is -0.277 e. The van der Waals surface area contributed by atoms with Crippen molar-refractivity contribution in [1.29, 1.82) is 5.26 Å². The van der Waals surface area contributed by atoms with Gasteiger partial charge < -0.3 is 0 Å². The first-order valence-electron chi connectivity index (χ1n) is 4.03. The van der Waals surface area contributed by atoms with Gasteiger partial charge >= 0.3 is 0 Å². The maximum atomic E-state index is 11.0. The number of nitrogens with one attached hydrogen (secondary N) is 1. The molecule has 0 saturated carbocycles. The summed E-state index contributed by atoms with van der Waals surface area (Å²) in [6.07, 6.45) is 0.932. The second kappa shape index (κ2) is 4.57. The highest BCUT2D eigenvalue weighted by Gasteiger charge is 2.12. The standard InChI is InChI=1S/C9H9N3O2S/c1-15(13,14)9(7-10)12-11-8-5-3-2-4-6-8/h2-6,11H,1H3/b12-9+. The van der Waals surface area contributed by atoms with Gasteiger partial charge in [0.05, 0.1) is 5.69 Å². The molecule has 0 unspecified atom stereocenters. The summed E-state index contributed by atoms with van der Waals surface area (Å²) in [6, 6.07) is 10.3. The van der Waals surface area contributed by atoms with Gasteiger partial charge in [-0.15, -0.1) is 0 Å². The molecular formula is C9H9N3O2S. The van der Waals surface area contributed by atoms with Crippen LogP contribution in [0.25, 0.3) is 0 Å². The van der Waals surface area contributed by atoms with Gasteiger partial charge in [-0.1, -0.05) is 18.2 Å². The van der Waals surface area contributed by atoms with E-state index < -0.39 is 14.9 Å². The molecule has 0 amide bonds. The molecule has 0 saturated heterocycles. The van der Waals surface area contributed by atoms with E-state index >= 15 is 0 Å². The van der Waals surface area contributed by atoms with Crippen LogP contribution in [0.4, 0.5) is 5.69 Å². The summed E-state index contributed by atoms with van der Waals surface area (Å²) in [5.74, 6) is 0. The van der Waals surface area contributed by atoms with E-state index in [9.17, 15) is 8.42 Å². The van der Waals surface area contributed by atoms with Crippen LogP contribution >= 0.6 is 0 Å². The molecule has 1 aromatic carbocycles. The van der Waals surface area contributed by atoms with E-state index in [-0.39, 0.29) is 0 Å². The predicted octanol–water partition coefficient (Wildman–Crippen LogP) is 0.980. The van der Waals surface area contributed by atoms with Gasteiger partial charge in [-0.25, -0.2) is 8.42 Å². The Balaban J connectivity index is 2.87. The van der Waals surface area contributed by atoms with Crippen LogP contribution in [0.3, 0.4) is 0 Å². The van der Waals surface area contributed by atoms with Crippen LogP contribution in [-0.4, -0.2) is 19.7 Å². The van der Waals surface area contributed by atoms with Crippen molar-refractivity contribution in [3.63, 3.8) is 0 Å². The summed E-state index contributed by atoms with van der Waals surface area (Å²) in [4.78, 5) is 0. The minimum absolute atomic E-state index is 0.536. The van der Waals surface area contributed by atoms with E-state index in [1.807, 2.05) is 6.07 Å². The zero-order valence-corrected chi connectivity index (χ0v) is 8.82. The minimum atomic E-state index is -3.56. The van der Waals surface area contributed by atoms with Crippen LogP contribution in [0.5, 0.6) is 0 Å². The number of benzene rings is 1. The zero-order chi connectivity index (χ0) is 11.3. The molecule has 0 atom stereocenters. The van der Waals surface area contributed by atoms with E-state index in [2.05, 4.69) is 10.5 Å². The van der Waals surface area contributed by atoms with Gasteiger partial charge in [-0.2, -0.15) is 10.4 Å². The van der Waals surface area contributed by atoms with Crippen molar-refractivity contribution in [2.45, 2.75) is 0 Å². The Morgan fingerprint density at radius 2 is 2.00 bits per heavy atom. The second-order valence-electron chi connectivity index (χ2n) is 2.78. The van der Waals surface area contributed by atoms with Gasteiger partial charge in [-0.3, -0.25) is 5.43 Å². The maximum absolute atomic E-state index is 11.0. The summed E-state index contributed by atoms with van der Waals surface area (Å²) in [5, 5.41) is 11.5. The number of hydrogen-bond donors (Lipinski definition) is 1. The number of anilines is 1. The lowest BCUT2D eigenvalue weighted by atomic mass is 10.3. The maximum Gasteiger partial charge on any atom is 0.251 e. The smallest absolute Gasteiger partial charge is 0.251 e. The fourth-order valence-corrected chi connectivity index (χ4v) is 1.20. The summed E-state index contributed by atoms with van der Waals surface area (Å²) >= 11 is 0. The van der Waals surface area contributed by atoms with Crippen molar-refractivity contribution in [3.05, 3.63) is 30.3 Å². The van der Waals surface area contributed by atoms with E-state index in [1.54, 1.807) is 24.3 Å². The lowest BCUT2D eigenvalue weighted by Gasteiger charge is -1.99. The van der Waals surface area contributed by atoms with E-state index in [1.165, 1.54) is 6.07 Å². The Bertz CT molecular complexity index is 500. The Labute approximate surface area is 88.0 Å². The predicted molar refractivity (Wildman–Crippen MR) is 58.0 cm³/mol. The van der Waals surface area contributed by atoms with Crippen molar-refractivity contribution in [1.82, 2.24) is 0 Å². The molecule has 5 nitrogen and oxygen atoms in total. The third-order valence-corrected chi connectivity index (χ3v) is 2.39. The number of sulfone groups is 1. The number of nitriles is 1. The first-order chi connectivity index (χ1) is 7.04. The molecule has 0 radical (unpaired) electrons. The van der Waals surface area contributed by atoms with Gasteiger partial charge in [0.1, 0.15) is 6.07 Å². The van der Waals surface area contributed by atoms with Crippen molar-refractivity contribution in [3.8, 4) is 6.07 Å². The third-order valence-electron chi connectivity index (χ3n) is 1.51. The number of nitrogens with zero attached hydrogens (tertiary/aromatic N) is 2. The molecular weight excluding hydrogens is 214 g/mol. The molecule has 0 spiro atoms. The van der Waals surface area contributed by atoms with E-state index in [0.29, 0.717) is 5.69 Å². The quantitative estimate of drug-likeness (QED) is 0.460. The molecule has 0 aliphatic heterocycles. The van der Waals surface area contributed by atoms with Gasteiger partial charge in [0.2, 0.25) is 9.84 Å². The molecule has 0 heterocycles. The van der Waals surface area contributed by atoms with Crippen molar-refractivity contribution >= 4 is 20.6 Å². The normalized spacial score (nSPS) is 11.9. The molecule has 78 valence electrons. The van der Waals surface area contributed by atoms with Crippen LogP contribution in [0.15, 0.2) is 35.4 Å². The SMILES string of the molecule is CS(=O)(=O)/C(C#N)=N/Nc1ccccc1. The molecule has 0 aliphatic rings. The third kappa shape index (κ3) is 3.40. The summed E-state index contributed by atoms with van der Waals surface area (Å²) in [5.41, 5.74) is 3.11. The molecule has 1 aromatic rings. The molecule has 0 fully saturated rings. The van der Waals surface area contributed by atoms with Crippen molar-refractivity contribution < 1.29 is 8.42 Å². The second-order valence-corrected chi connectivity index (χ2v) is 4.71. The number of rotatable bonds is 2. The van der Waals surface area contributed by atoms with Crippen LogP contribution in [0, 0.1) is 11.3 Å². The highest BCUT2D eigenvalue weighted by molar-refractivity contribution is 8.06. The molecule has 6 heteroatoms. The first-order valence-corrected chi connectivity index (χ1v) is 5.92. The highest BCUT2D eigenvalue weighted by atomic mass is 32.2. The molecule has 1 N–H and O–H groups in total. The Morgan fingerprint density at radius 3 is 2.47 bits per heavy atom. The van der Waals surface area contributed by atoms with Crippen molar-refractivity contribution in [2.24, 2.45) is 5.10 Å². The number of hydrazone groups is 1. The average Bonchev–Trinajstić information content (AvgIpc) is 2.18. The van der Waals surface area contributed by atoms with Gasteiger partial charge in [0.25, 0.3) is 5.04 Å². The van der Waals surface area contributed by atoms with Gasteiger partial charge in [0, 0.05) is 6.26 Å². The first kappa shape index (κ1) is 11.2. The molecule has 15 heavy (non-hydrogen) atoms. The van der Waals surface area contributed by atoms with Crippen LogP contribution in [0.1, 0.15) is 0 Å². The van der Waals surface area contributed by atoms with E-state index in [4.69, 9.17) is 5.26 Å². The highest BCUT2D eigenvalue weighted by Crippen LogP contribution is 2.04. The lowest BCUT2D eigenvalue weighted by molar-refractivity contribution is 0.612. The fraction of sp³-hybridized carbons (Fsp3) is 0.111. The number of para-hydroxylation sites is 1. The largest absolute Gasteiger partial charge is 0.277 e. The molecule has 1 rings (SSSR count). The summed E-state index contributed by atoms with van der Waals surface area (Å²) < 4.78 is 22.0. The molecule has 0 bridgehead atoms. The monoisotopic (exact) mass is 223 g/mol. The summed E-state index contributed by atoms with van der Waals surface area (Å²) in [7, 11) is -3.56. The van der Waals surface area contributed by atoms with Crippen LogP contribution < -0.4 is 5.43 Å². The Morgan fingerprint density at radius 1 is 1.40 bits per heavy atom. The molecule has 0 aromatic heterocycles. The Hall–Kier alpha value is -1.87. The van der Waals surface area contributed by atoms with Crippen LogP contribution in [-0.2, 0) is 9.84 Å². The Kier molecular flexibility index (Phi) is 3.42. The lowest BCUT2D eigenvalue weighted by Crippen LogP contribution is -2.12. The average molecular weight is 223 g/mol. The fourth-order valence-electron chi connectivity index (χ4n) is 0.819. The van der Waals surface area contributed by atoms with Crippen molar-refractivity contribution in [2.75, 3.05) is 11.7 Å². The zero-order valence-electron chi connectivity index (χ0n) is 8.01. The molecule has 0 aliphatic carbocycles.